The fourth-order valence-electron chi connectivity index (χ4n) is 4.23. The highest BCUT2D eigenvalue weighted by atomic mass is 32.2. The molecule has 0 amide bonds. The second-order valence-electron chi connectivity index (χ2n) is 7.16. The van der Waals surface area contributed by atoms with E-state index >= 15 is 0 Å². The van der Waals surface area contributed by atoms with E-state index in [9.17, 15) is 0 Å². The lowest BCUT2D eigenvalue weighted by molar-refractivity contribution is 0.207. The Morgan fingerprint density at radius 1 is 0.929 bits per heavy atom. The third-order valence-electron chi connectivity index (χ3n) is 5.68. The largest absolute Gasteiger partial charge is 0.412 e. The maximum Gasteiger partial charge on any atom is 0.147 e. The van der Waals surface area contributed by atoms with Crippen LogP contribution in [0.2, 0.25) is 0 Å². The van der Waals surface area contributed by atoms with Crippen LogP contribution in [0.1, 0.15) is 25.7 Å². The molecule has 4 N–H and O–H groups in total. The summed E-state index contributed by atoms with van der Waals surface area (Å²) in [5.41, 5.74) is 2.31. The third kappa shape index (κ3) is 3.88. The molecule has 0 unspecified atom stereocenters. The Morgan fingerprint density at radius 2 is 1.71 bits per heavy atom. The summed E-state index contributed by atoms with van der Waals surface area (Å²) in [4.78, 5) is 11.8. The van der Waals surface area contributed by atoms with Gasteiger partial charge in [0.25, 0.3) is 0 Å². The Balaban J connectivity index is 0.00000112. The number of hydrogen-bond acceptors (Lipinski definition) is 6. The molecule has 0 radical (unpaired) electrons. The lowest BCUT2D eigenvalue weighted by Crippen LogP contribution is -2.50. The number of thiophene rings is 1. The molecule has 0 saturated carbocycles. The van der Waals surface area contributed by atoms with Crippen LogP contribution in [0.25, 0.3) is 11.0 Å². The molecule has 2 fully saturated rings. The van der Waals surface area contributed by atoms with Crippen molar-refractivity contribution >= 4 is 40.1 Å². The van der Waals surface area contributed by atoms with E-state index in [1.807, 2.05) is 53.7 Å². The van der Waals surface area contributed by atoms with Crippen LogP contribution in [-0.4, -0.2) is 50.4 Å². The second kappa shape index (κ2) is 8.75. The molecule has 4 heterocycles. The fraction of sp³-hybridized carbons (Fsp3) is 0.400. The van der Waals surface area contributed by atoms with Gasteiger partial charge in [0.15, 0.2) is 0 Å². The van der Waals surface area contributed by atoms with Gasteiger partial charge in [-0.2, -0.15) is 0 Å². The highest BCUT2D eigenvalue weighted by Gasteiger charge is 2.44. The maximum atomic E-state index is 4.84. The molecule has 1 spiro atoms. The molecule has 28 heavy (non-hydrogen) atoms. The third-order valence-corrected chi connectivity index (χ3v) is 7.96. The van der Waals surface area contributed by atoms with Gasteiger partial charge in [-0.05, 0) is 61.2 Å². The molecule has 1 aromatic carbocycles. The number of aromatic nitrogens is 2. The van der Waals surface area contributed by atoms with Gasteiger partial charge in [-0.1, -0.05) is 18.2 Å². The van der Waals surface area contributed by atoms with Gasteiger partial charge in [-0.15, -0.1) is 11.3 Å². The van der Waals surface area contributed by atoms with Gasteiger partial charge in [-0.3, -0.25) is 4.98 Å². The van der Waals surface area contributed by atoms with Gasteiger partial charge in [0.2, 0.25) is 0 Å². The van der Waals surface area contributed by atoms with Crippen molar-refractivity contribution in [2.75, 3.05) is 24.5 Å². The molecule has 0 aliphatic carbocycles. The summed E-state index contributed by atoms with van der Waals surface area (Å²) < 4.78 is 4.08. The van der Waals surface area contributed by atoms with Crippen LogP contribution in [0.4, 0.5) is 5.82 Å². The molecule has 0 bridgehead atoms. The zero-order valence-corrected chi connectivity index (χ0v) is 17.3. The minimum Gasteiger partial charge on any atom is -0.412 e. The Labute approximate surface area is 173 Å². The van der Waals surface area contributed by atoms with E-state index in [0.29, 0.717) is 5.54 Å². The number of anilines is 1. The van der Waals surface area contributed by atoms with E-state index in [1.54, 1.807) is 0 Å². The van der Waals surface area contributed by atoms with Crippen LogP contribution in [-0.2, 0) is 0 Å². The lowest BCUT2D eigenvalue weighted by atomic mass is 9.86. The lowest BCUT2D eigenvalue weighted by Gasteiger charge is -2.44. The van der Waals surface area contributed by atoms with Crippen LogP contribution in [0.15, 0.2) is 52.2 Å². The first-order valence-corrected chi connectivity index (χ1v) is 10.9. The highest BCUT2D eigenvalue weighted by Crippen LogP contribution is 2.45. The standard InChI is InChI=1S/C20H22N4S2.2H2O/c1-2-6-17-16(5-1)21-15-18(22-17)23-12-9-20(10-13-23)8-4-11-24(20)26-19-7-3-14-25-19;;/h1-3,5-7,14-15H,4,8-13H2;2*1H2. The van der Waals surface area contributed by atoms with E-state index in [-0.39, 0.29) is 11.0 Å². The van der Waals surface area contributed by atoms with Crippen LogP contribution in [0.3, 0.4) is 0 Å². The number of piperidine rings is 1. The van der Waals surface area contributed by atoms with Crippen LogP contribution >= 0.6 is 23.3 Å². The van der Waals surface area contributed by atoms with Crippen molar-refractivity contribution in [1.82, 2.24) is 14.3 Å². The molecule has 3 aromatic rings. The van der Waals surface area contributed by atoms with Crippen molar-refractivity contribution in [3.8, 4) is 0 Å². The summed E-state index contributed by atoms with van der Waals surface area (Å²) >= 11 is 3.82. The number of hydrogen-bond donors (Lipinski definition) is 0. The van der Waals surface area contributed by atoms with Crippen molar-refractivity contribution in [2.24, 2.45) is 0 Å². The smallest absolute Gasteiger partial charge is 0.147 e. The quantitative estimate of drug-likeness (QED) is 0.609. The number of benzene rings is 1. The van der Waals surface area contributed by atoms with Gasteiger partial charge >= 0.3 is 0 Å². The van der Waals surface area contributed by atoms with Gasteiger partial charge in [0, 0.05) is 25.2 Å². The number of para-hydroxylation sites is 2. The van der Waals surface area contributed by atoms with Gasteiger partial charge in [0.1, 0.15) is 5.82 Å². The zero-order chi connectivity index (χ0) is 17.4. The Hall–Kier alpha value is -1.71. The van der Waals surface area contributed by atoms with Crippen molar-refractivity contribution in [2.45, 2.75) is 35.4 Å². The average Bonchev–Trinajstić information content (AvgIpc) is 3.33. The molecule has 6 nitrogen and oxygen atoms in total. The zero-order valence-electron chi connectivity index (χ0n) is 15.7. The molecule has 2 aromatic heterocycles. The van der Waals surface area contributed by atoms with E-state index in [2.05, 4.69) is 31.7 Å². The van der Waals surface area contributed by atoms with Crippen molar-refractivity contribution in [3.05, 3.63) is 48.0 Å². The van der Waals surface area contributed by atoms with Gasteiger partial charge in [0.05, 0.1) is 21.4 Å². The Bertz CT molecular complexity index is 898. The number of nitrogens with zero attached hydrogens (tertiary/aromatic N) is 4. The van der Waals surface area contributed by atoms with Crippen molar-refractivity contribution in [1.29, 1.82) is 0 Å². The van der Waals surface area contributed by atoms with Crippen molar-refractivity contribution < 1.29 is 11.0 Å². The molecular formula is C20H26N4O2S2. The fourth-order valence-corrected chi connectivity index (χ4v) is 6.33. The SMILES string of the molecule is O.O.c1csc(SN2CCCC23CCN(c2cnc4ccccc4n2)CC3)c1. The summed E-state index contributed by atoms with van der Waals surface area (Å²) in [6, 6.07) is 12.5. The number of rotatable bonds is 3. The first-order valence-electron chi connectivity index (χ1n) is 9.28. The van der Waals surface area contributed by atoms with E-state index in [0.717, 1.165) is 29.9 Å². The predicted molar refractivity (Wildman–Crippen MR) is 117 cm³/mol. The molecule has 5 rings (SSSR count). The molecule has 2 aliphatic rings. The van der Waals surface area contributed by atoms with Crippen LogP contribution in [0, 0.1) is 0 Å². The average molecular weight is 419 g/mol. The normalized spacial score (nSPS) is 18.8. The summed E-state index contributed by atoms with van der Waals surface area (Å²) in [5.74, 6) is 1.02. The van der Waals surface area contributed by atoms with Crippen molar-refractivity contribution in [3.63, 3.8) is 0 Å². The molecular weight excluding hydrogens is 392 g/mol. The molecule has 2 saturated heterocycles. The molecule has 8 heteroatoms. The summed E-state index contributed by atoms with van der Waals surface area (Å²) in [6.07, 6.45) is 6.99. The van der Waals surface area contributed by atoms with Gasteiger partial charge in [-0.25, -0.2) is 9.29 Å². The summed E-state index contributed by atoms with van der Waals surface area (Å²) in [7, 11) is 0. The van der Waals surface area contributed by atoms with Crippen LogP contribution < -0.4 is 4.90 Å². The summed E-state index contributed by atoms with van der Waals surface area (Å²) in [6.45, 7) is 3.33. The van der Waals surface area contributed by atoms with Crippen LogP contribution in [0.5, 0.6) is 0 Å². The second-order valence-corrected chi connectivity index (χ2v) is 9.43. The molecule has 150 valence electrons. The monoisotopic (exact) mass is 418 g/mol. The van der Waals surface area contributed by atoms with E-state index in [4.69, 9.17) is 4.98 Å². The topological polar surface area (TPSA) is 95.3 Å². The minimum absolute atomic E-state index is 0. The highest BCUT2D eigenvalue weighted by molar-refractivity contribution is 7.99. The minimum atomic E-state index is 0. The molecule has 2 aliphatic heterocycles. The number of fused-ring (bicyclic) bond motifs is 1. The summed E-state index contributed by atoms with van der Waals surface area (Å²) in [5, 5.41) is 2.17. The molecule has 0 atom stereocenters. The predicted octanol–water partition coefficient (Wildman–Crippen LogP) is 3.18. The maximum absolute atomic E-state index is 4.84. The first kappa shape index (κ1) is 21.0. The van der Waals surface area contributed by atoms with Gasteiger partial charge < -0.3 is 15.9 Å². The van der Waals surface area contributed by atoms with E-state index in [1.165, 1.54) is 36.4 Å². The Kier molecular flexibility index (Phi) is 6.57. The van der Waals surface area contributed by atoms with E-state index < -0.39 is 0 Å². The Morgan fingerprint density at radius 3 is 2.46 bits per heavy atom. The first-order chi connectivity index (χ1) is 12.8.